The quantitative estimate of drug-likeness (QED) is 0.428. The van der Waals surface area contributed by atoms with Crippen molar-refractivity contribution in [2.45, 2.75) is 19.3 Å². The summed E-state index contributed by atoms with van der Waals surface area (Å²) in [5.41, 5.74) is 3.85. The molecule has 0 aliphatic carbocycles. The number of aromatic nitrogens is 4. The van der Waals surface area contributed by atoms with Crippen LogP contribution in [0.2, 0.25) is 0 Å². The number of nitrogens with one attached hydrogen (secondary N) is 2. The zero-order valence-corrected chi connectivity index (χ0v) is 17.1. The highest BCUT2D eigenvalue weighted by Gasteiger charge is 2.13. The average Bonchev–Trinajstić information content (AvgIpc) is 3.44. The van der Waals surface area contributed by atoms with E-state index < -0.39 is 0 Å². The number of nitrogens with zero attached hydrogens (tertiary/aromatic N) is 3. The van der Waals surface area contributed by atoms with Gasteiger partial charge in [-0.15, -0.1) is 0 Å². The highest BCUT2D eigenvalue weighted by atomic mass is 32.1. The molecule has 4 aromatic rings. The van der Waals surface area contributed by atoms with Gasteiger partial charge >= 0.3 is 4.87 Å². The van der Waals surface area contributed by atoms with Crippen molar-refractivity contribution in [3.63, 3.8) is 0 Å². The lowest BCUT2D eigenvalue weighted by Crippen LogP contribution is -2.24. The van der Waals surface area contributed by atoms with E-state index in [0.717, 1.165) is 47.6 Å². The van der Waals surface area contributed by atoms with Gasteiger partial charge in [0, 0.05) is 35.4 Å². The molecule has 0 spiro atoms. The first-order valence-corrected chi connectivity index (χ1v) is 10.6. The van der Waals surface area contributed by atoms with E-state index in [0.29, 0.717) is 17.8 Å². The summed E-state index contributed by atoms with van der Waals surface area (Å²) in [7, 11) is 0. The molecule has 30 heavy (non-hydrogen) atoms. The molecule has 3 heterocycles. The van der Waals surface area contributed by atoms with Gasteiger partial charge in [0.2, 0.25) is 0 Å². The molecule has 0 unspecified atom stereocenters. The summed E-state index contributed by atoms with van der Waals surface area (Å²) in [4.78, 5) is 29.0. The molecule has 8 heteroatoms. The van der Waals surface area contributed by atoms with Gasteiger partial charge in [-0.2, -0.15) is 5.10 Å². The summed E-state index contributed by atoms with van der Waals surface area (Å²) in [5, 5.41) is 11.7. The lowest BCUT2D eigenvalue weighted by atomic mass is 10.1. The van der Waals surface area contributed by atoms with Crippen molar-refractivity contribution in [2.24, 2.45) is 0 Å². The van der Waals surface area contributed by atoms with Gasteiger partial charge in [0.25, 0.3) is 5.91 Å². The average molecular weight is 420 g/mol. The van der Waals surface area contributed by atoms with E-state index >= 15 is 0 Å². The Kier molecular flexibility index (Phi) is 6.14. The zero-order chi connectivity index (χ0) is 20.8. The van der Waals surface area contributed by atoms with Crippen LogP contribution < -0.4 is 10.2 Å². The van der Waals surface area contributed by atoms with Crippen molar-refractivity contribution in [3.8, 4) is 16.9 Å². The number of carbonyl (C=O) groups is 1. The van der Waals surface area contributed by atoms with Crippen molar-refractivity contribution < 1.29 is 4.79 Å². The van der Waals surface area contributed by atoms with Gasteiger partial charge in [0.15, 0.2) is 0 Å². The zero-order valence-electron chi connectivity index (χ0n) is 16.2. The highest BCUT2D eigenvalue weighted by Crippen LogP contribution is 2.24. The maximum absolute atomic E-state index is 12.6. The first-order valence-electron chi connectivity index (χ1n) is 9.70. The number of unbranched alkanes of at least 4 members (excludes halogenated alkanes) is 1. The van der Waals surface area contributed by atoms with E-state index in [1.54, 1.807) is 34.5 Å². The number of pyridine rings is 1. The minimum atomic E-state index is -0.123. The van der Waals surface area contributed by atoms with Gasteiger partial charge in [-0.3, -0.25) is 24.2 Å². The van der Waals surface area contributed by atoms with E-state index in [-0.39, 0.29) is 10.8 Å². The van der Waals surface area contributed by atoms with Crippen LogP contribution in [0.1, 0.15) is 28.9 Å². The first-order chi connectivity index (χ1) is 14.7. The summed E-state index contributed by atoms with van der Waals surface area (Å²) in [5.74, 6) is -0.123. The Morgan fingerprint density at radius 2 is 2.10 bits per heavy atom. The van der Waals surface area contributed by atoms with Gasteiger partial charge in [-0.25, -0.2) is 0 Å². The number of amides is 1. The molecule has 0 fully saturated rings. The summed E-state index contributed by atoms with van der Waals surface area (Å²) in [6.07, 6.45) is 7.85. The van der Waals surface area contributed by atoms with Crippen LogP contribution in [0.4, 0.5) is 0 Å². The van der Waals surface area contributed by atoms with Crippen molar-refractivity contribution in [1.29, 1.82) is 0 Å². The second-order valence-corrected chi connectivity index (χ2v) is 7.61. The molecular formula is C22H21N5O2S. The summed E-state index contributed by atoms with van der Waals surface area (Å²) in [6.45, 7) is 0.603. The molecule has 0 atom stereocenters. The molecule has 152 valence electrons. The van der Waals surface area contributed by atoms with E-state index in [2.05, 4.69) is 20.5 Å². The summed E-state index contributed by atoms with van der Waals surface area (Å²) >= 11 is 1.12. The number of thiazole rings is 1. The number of rotatable bonds is 8. The molecular weight excluding hydrogens is 398 g/mol. The number of H-pyrrole nitrogens is 1. The van der Waals surface area contributed by atoms with Crippen LogP contribution in [-0.2, 0) is 6.42 Å². The monoisotopic (exact) mass is 419 g/mol. The molecule has 1 aromatic carbocycles. The van der Waals surface area contributed by atoms with Gasteiger partial charge in [-0.1, -0.05) is 23.5 Å². The molecule has 0 aliphatic heterocycles. The molecule has 0 aliphatic rings. The Hall–Kier alpha value is -3.52. The van der Waals surface area contributed by atoms with Crippen molar-refractivity contribution in [1.82, 2.24) is 25.1 Å². The molecule has 2 N–H and O–H groups in total. The second kappa shape index (κ2) is 9.32. The fourth-order valence-corrected chi connectivity index (χ4v) is 3.99. The third-order valence-electron chi connectivity index (χ3n) is 4.72. The number of carbonyl (C=O) groups excluding carboxylic acids is 1. The molecule has 7 nitrogen and oxygen atoms in total. The number of benzene rings is 1. The van der Waals surface area contributed by atoms with Crippen LogP contribution in [0.25, 0.3) is 16.9 Å². The number of hydrogen-bond donors (Lipinski definition) is 2. The first kappa shape index (κ1) is 19.8. The largest absolute Gasteiger partial charge is 0.352 e. The fraction of sp³-hybridized carbons (Fsp3) is 0.182. The Morgan fingerprint density at radius 3 is 2.90 bits per heavy atom. The summed E-state index contributed by atoms with van der Waals surface area (Å²) in [6, 6.07) is 12.9. The third kappa shape index (κ3) is 4.55. The molecule has 0 bridgehead atoms. The van der Waals surface area contributed by atoms with Crippen LogP contribution in [0, 0.1) is 0 Å². The van der Waals surface area contributed by atoms with Crippen LogP contribution in [0.5, 0.6) is 0 Å². The predicted octanol–water partition coefficient (Wildman–Crippen LogP) is 3.44. The number of aryl methyl sites for hydroxylation is 1. The van der Waals surface area contributed by atoms with Crippen LogP contribution in [-0.4, -0.2) is 32.2 Å². The minimum absolute atomic E-state index is 0.0928. The smallest absolute Gasteiger partial charge is 0.312 e. The SMILES string of the molecule is O=C(NCCCCc1cc[nH]n1)c1cccc(-c2csc(=O)n2-c2cccnc2)c1. The normalized spacial score (nSPS) is 10.8. The van der Waals surface area contributed by atoms with E-state index in [1.807, 2.05) is 36.5 Å². The minimum Gasteiger partial charge on any atom is -0.352 e. The molecule has 0 saturated carbocycles. The number of hydrogen-bond acceptors (Lipinski definition) is 5. The third-order valence-corrected chi connectivity index (χ3v) is 5.45. The van der Waals surface area contributed by atoms with Crippen molar-refractivity contribution in [2.75, 3.05) is 6.54 Å². The summed E-state index contributed by atoms with van der Waals surface area (Å²) < 4.78 is 1.61. The maximum atomic E-state index is 12.6. The van der Waals surface area contributed by atoms with Crippen LogP contribution in [0.3, 0.4) is 0 Å². The topological polar surface area (TPSA) is 92.7 Å². The van der Waals surface area contributed by atoms with Crippen LogP contribution in [0.15, 0.2) is 71.2 Å². The molecule has 4 rings (SSSR count). The fourth-order valence-electron chi connectivity index (χ4n) is 3.22. The molecule has 0 saturated heterocycles. The van der Waals surface area contributed by atoms with E-state index in [4.69, 9.17) is 0 Å². The Balaban J connectivity index is 1.43. The predicted molar refractivity (Wildman–Crippen MR) is 117 cm³/mol. The van der Waals surface area contributed by atoms with E-state index in [9.17, 15) is 9.59 Å². The Labute approximate surface area is 177 Å². The lowest BCUT2D eigenvalue weighted by molar-refractivity contribution is 0.0953. The molecule has 0 radical (unpaired) electrons. The molecule has 1 amide bonds. The maximum Gasteiger partial charge on any atom is 0.312 e. The van der Waals surface area contributed by atoms with Gasteiger partial charge in [-0.05, 0) is 49.6 Å². The molecule has 3 aromatic heterocycles. The number of aromatic amines is 1. The Morgan fingerprint density at radius 1 is 1.17 bits per heavy atom. The Bertz CT molecular complexity index is 1170. The van der Waals surface area contributed by atoms with E-state index in [1.165, 1.54) is 0 Å². The van der Waals surface area contributed by atoms with Gasteiger partial charge in [0.05, 0.1) is 23.3 Å². The van der Waals surface area contributed by atoms with Gasteiger partial charge < -0.3 is 5.32 Å². The highest BCUT2D eigenvalue weighted by molar-refractivity contribution is 7.07. The second-order valence-electron chi connectivity index (χ2n) is 6.79. The lowest BCUT2D eigenvalue weighted by Gasteiger charge is -2.09. The van der Waals surface area contributed by atoms with Gasteiger partial charge in [0.1, 0.15) is 0 Å². The standard InChI is InChI=1S/C22H21N5O2S/c28-21(24-11-2-1-7-18-9-12-25-26-18)17-6-3-5-16(13-17)20-15-30-22(29)27(20)19-8-4-10-23-14-19/h3-6,8-10,12-15H,1-2,7,11H2,(H,24,28)(H,25,26). The van der Waals surface area contributed by atoms with Crippen molar-refractivity contribution >= 4 is 17.2 Å². The van der Waals surface area contributed by atoms with Crippen molar-refractivity contribution in [3.05, 3.63) is 87.4 Å². The van der Waals surface area contributed by atoms with Crippen LogP contribution >= 0.6 is 11.3 Å².